The van der Waals surface area contributed by atoms with Crippen molar-refractivity contribution in [2.24, 2.45) is 0 Å². The fourth-order valence-electron chi connectivity index (χ4n) is 5.15. The van der Waals surface area contributed by atoms with E-state index < -0.39 is 24.4 Å². The van der Waals surface area contributed by atoms with Gasteiger partial charge in [-0.1, -0.05) is 73.7 Å². The highest BCUT2D eigenvalue weighted by Crippen LogP contribution is 2.44. The minimum absolute atomic E-state index is 0.00196. The molecule has 1 aliphatic carbocycles. The number of ether oxygens (including phenoxy) is 2. The Kier molecular flexibility index (Phi) is 8.06. The molecule has 0 bridgehead atoms. The number of carbonyl (C=O) groups is 1. The predicted octanol–water partition coefficient (Wildman–Crippen LogP) is 7.03. The summed E-state index contributed by atoms with van der Waals surface area (Å²) in [5.41, 5.74) is 5.47. The van der Waals surface area contributed by atoms with Gasteiger partial charge < -0.3 is 24.1 Å². The van der Waals surface area contributed by atoms with Crippen molar-refractivity contribution in [3.63, 3.8) is 0 Å². The average molecular weight is 539 g/mol. The maximum Gasteiger partial charge on any atom is 0.492 e. The minimum atomic E-state index is -0.612. The molecule has 0 unspecified atom stereocenters. The molecule has 7 heteroatoms. The second-order valence-corrected chi connectivity index (χ2v) is 11.4. The van der Waals surface area contributed by atoms with Crippen molar-refractivity contribution in [1.29, 1.82) is 0 Å². The molecule has 208 valence electrons. The quantitative estimate of drug-likeness (QED) is 0.296. The second-order valence-electron chi connectivity index (χ2n) is 11.4. The van der Waals surface area contributed by atoms with Gasteiger partial charge in [0, 0.05) is 12.5 Å². The molecule has 1 saturated heterocycles. The fourth-order valence-corrected chi connectivity index (χ4v) is 5.15. The van der Waals surface area contributed by atoms with Gasteiger partial charge >= 0.3 is 13.2 Å². The van der Waals surface area contributed by atoms with Crippen LogP contribution in [0.3, 0.4) is 0 Å². The Balaban J connectivity index is 1.30. The van der Waals surface area contributed by atoms with Crippen LogP contribution in [0.5, 0.6) is 5.75 Å². The van der Waals surface area contributed by atoms with Crippen molar-refractivity contribution in [1.82, 2.24) is 5.32 Å². The summed E-state index contributed by atoms with van der Waals surface area (Å²) in [6.07, 6.45) is 2.44. The third-order valence-electron chi connectivity index (χ3n) is 8.02. The molecule has 2 aliphatic rings. The summed E-state index contributed by atoms with van der Waals surface area (Å²) in [7, 11) is -0.612. The number of alkyl carbamates (subject to hydrolysis) is 1. The molecular formula is C33H38BNO5. The zero-order valence-corrected chi connectivity index (χ0v) is 24.0. The van der Waals surface area contributed by atoms with Crippen LogP contribution in [-0.2, 0) is 14.0 Å². The predicted molar refractivity (Wildman–Crippen MR) is 159 cm³/mol. The van der Waals surface area contributed by atoms with E-state index in [2.05, 4.69) is 36.5 Å². The Bertz CT molecular complexity index is 1340. The normalized spacial score (nSPS) is 17.3. The van der Waals surface area contributed by atoms with Crippen LogP contribution < -0.4 is 10.1 Å². The second kappa shape index (κ2) is 11.5. The smallest absolute Gasteiger partial charge is 0.492 e. The number of amides is 1. The SMILES string of the molecule is CCCOc1cccc(C=C(CNC(=O)OCC2c3ccccc3-c3ccccc32)B2OC(C)(C)C(C)(C)O2)c1. The van der Waals surface area contributed by atoms with E-state index in [0.717, 1.165) is 23.2 Å². The number of benzene rings is 3. The van der Waals surface area contributed by atoms with Gasteiger partial charge in [0.05, 0.1) is 17.8 Å². The van der Waals surface area contributed by atoms with E-state index in [-0.39, 0.29) is 19.1 Å². The molecule has 1 amide bonds. The van der Waals surface area contributed by atoms with E-state index in [0.29, 0.717) is 6.61 Å². The first-order valence-corrected chi connectivity index (χ1v) is 14.1. The van der Waals surface area contributed by atoms with E-state index >= 15 is 0 Å². The molecule has 3 aromatic rings. The first kappa shape index (κ1) is 28.0. The van der Waals surface area contributed by atoms with Crippen molar-refractivity contribution >= 4 is 19.3 Å². The molecule has 5 rings (SSSR count). The van der Waals surface area contributed by atoms with E-state index in [1.807, 2.05) is 82.3 Å². The number of rotatable bonds is 9. The molecular weight excluding hydrogens is 501 g/mol. The summed E-state index contributed by atoms with van der Waals surface area (Å²) in [5, 5.41) is 2.93. The lowest BCUT2D eigenvalue weighted by atomic mass is 9.77. The maximum atomic E-state index is 13.0. The molecule has 40 heavy (non-hydrogen) atoms. The topological polar surface area (TPSA) is 66.0 Å². The van der Waals surface area contributed by atoms with Crippen LogP contribution in [0.15, 0.2) is 78.3 Å². The number of carbonyl (C=O) groups excluding carboxylic acids is 1. The minimum Gasteiger partial charge on any atom is -0.494 e. The highest BCUT2D eigenvalue weighted by atomic mass is 16.7. The van der Waals surface area contributed by atoms with Gasteiger partial charge in [-0.15, -0.1) is 0 Å². The van der Waals surface area contributed by atoms with Gasteiger partial charge in [-0.25, -0.2) is 4.79 Å². The molecule has 0 aromatic heterocycles. The van der Waals surface area contributed by atoms with Crippen molar-refractivity contribution in [3.8, 4) is 16.9 Å². The molecule has 1 N–H and O–H groups in total. The van der Waals surface area contributed by atoms with Crippen molar-refractivity contribution in [3.05, 3.63) is 95.0 Å². The Morgan fingerprint density at radius 1 is 0.925 bits per heavy atom. The summed E-state index contributed by atoms with van der Waals surface area (Å²) >= 11 is 0. The largest absolute Gasteiger partial charge is 0.494 e. The maximum absolute atomic E-state index is 13.0. The first-order chi connectivity index (χ1) is 19.2. The van der Waals surface area contributed by atoms with Gasteiger partial charge in [0.15, 0.2) is 0 Å². The van der Waals surface area contributed by atoms with Crippen molar-refractivity contribution < 1.29 is 23.6 Å². The molecule has 6 nitrogen and oxygen atoms in total. The van der Waals surface area contributed by atoms with Crippen LogP contribution in [0.25, 0.3) is 17.2 Å². The lowest BCUT2D eigenvalue weighted by Gasteiger charge is -2.32. The zero-order chi connectivity index (χ0) is 28.3. The molecule has 0 saturated carbocycles. The van der Waals surface area contributed by atoms with Gasteiger partial charge in [0.25, 0.3) is 0 Å². The van der Waals surface area contributed by atoms with E-state index in [4.69, 9.17) is 18.8 Å². The highest BCUT2D eigenvalue weighted by Gasteiger charge is 2.52. The average Bonchev–Trinajstić information content (AvgIpc) is 3.37. The lowest BCUT2D eigenvalue weighted by molar-refractivity contribution is 0.00578. The number of fused-ring (bicyclic) bond motifs is 3. The fraction of sp³-hybridized carbons (Fsp3) is 0.364. The molecule has 0 radical (unpaired) electrons. The summed E-state index contributed by atoms with van der Waals surface area (Å²) in [5.74, 6) is 0.801. The third kappa shape index (κ3) is 5.81. The van der Waals surface area contributed by atoms with Gasteiger partial charge in [-0.2, -0.15) is 0 Å². The Morgan fingerprint density at radius 2 is 1.55 bits per heavy atom. The van der Waals surface area contributed by atoms with Gasteiger partial charge in [0.2, 0.25) is 0 Å². The van der Waals surface area contributed by atoms with E-state index in [1.54, 1.807) is 0 Å². The standard InChI is InChI=1S/C33H38BNO5/c1-6-18-37-25-13-11-12-23(20-25)19-24(34-39-32(2,3)33(4,5)40-34)21-35-31(36)38-22-30-28-16-9-7-14-26(28)27-15-8-10-17-29(27)30/h7-17,19-20,30H,6,18,21-22H2,1-5H3,(H,35,36). The van der Waals surface area contributed by atoms with Gasteiger partial charge in [0.1, 0.15) is 12.4 Å². The Hall–Kier alpha value is -3.55. The van der Waals surface area contributed by atoms with Crippen LogP contribution in [-0.4, -0.2) is 44.2 Å². The third-order valence-corrected chi connectivity index (χ3v) is 8.02. The monoisotopic (exact) mass is 539 g/mol. The zero-order valence-electron chi connectivity index (χ0n) is 24.0. The summed E-state index contributed by atoms with van der Waals surface area (Å²) in [4.78, 5) is 13.0. The van der Waals surface area contributed by atoms with Crippen LogP contribution in [0, 0.1) is 0 Å². The lowest BCUT2D eigenvalue weighted by Crippen LogP contribution is -2.41. The van der Waals surface area contributed by atoms with Gasteiger partial charge in [-0.05, 0) is 79.5 Å². The molecule has 0 atom stereocenters. The molecule has 0 spiro atoms. The van der Waals surface area contributed by atoms with E-state index in [9.17, 15) is 4.79 Å². The summed E-state index contributed by atoms with van der Waals surface area (Å²) < 4.78 is 24.2. The van der Waals surface area contributed by atoms with Crippen LogP contribution in [0.4, 0.5) is 4.79 Å². The van der Waals surface area contributed by atoms with E-state index in [1.165, 1.54) is 22.3 Å². The van der Waals surface area contributed by atoms with Crippen molar-refractivity contribution in [2.45, 2.75) is 58.2 Å². The molecule has 1 fully saturated rings. The van der Waals surface area contributed by atoms with Crippen LogP contribution in [0.1, 0.15) is 63.6 Å². The van der Waals surface area contributed by atoms with Crippen molar-refractivity contribution in [2.75, 3.05) is 19.8 Å². The molecule has 3 aromatic carbocycles. The first-order valence-electron chi connectivity index (χ1n) is 14.1. The van der Waals surface area contributed by atoms with Crippen LogP contribution in [0.2, 0.25) is 0 Å². The number of hydrogen-bond acceptors (Lipinski definition) is 5. The van der Waals surface area contributed by atoms with Gasteiger partial charge in [-0.3, -0.25) is 0 Å². The molecule has 1 aliphatic heterocycles. The van der Waals surface area contributed by atoms with Crippen LogP contribution >= 0.6 is 0 Å². The number of hydrogen-bond donors (Lipinski definition) is 1. The highest BCUT2D eigenvalue weighted by molar-refractivity contribution is 6.56. The summed E-state index contributed by atoms with van der Waals surface area (Å²) in [6, 6.07) is 24.5. The number of nitrogens with one attached hydrogen (secondary N) is 1. The Labute approximate surface area is 237 Å². The molecule has 1 heterocycles. The Morgan fingerprint density at radius 3 is 2.17 bits per heavy atom. The summed E-state index contributed by atoms with van der Waals surface area (Å²) in [6.45, 7) is 11.3.